The highest BCUT2D eigenvalue weighted by Crippen LogP contribution is 2.30. The average Bonchev–Trinajstić information content (AvgIpc) is 2.32. The smallest absolute Gasteiger partial charge is 0.175 e. The fourth-order valence-electron chi connectivity index (χ4n) is 1.29. The molecule has 0 aromatic carbocycles. The second-order valence-electron chi connectivity index (χ2n) is 2.97. The van der Waals surface area contributed by atoms with Gasteiger partial charge in [-0.3, -0.25) is 4.79 Å². The molecule has 1 heterocycles. The summed E-state index contributed by atoms with van der Waals surface area (Å²) >= 11 is 1.56. The molecule has 1 aliphatic rings. The molecule has 1 aromatic heterocycles. The van der Waals surface area contributed by atoms with Crippen LogP contribution in [0.1, 0.15) is 28.9 Å². The molecule has 0 amide bonds. The van der Waals surface area contributed by atoms with Gasteiger partial charge in [-0.1, -0.05) is 12.5 Å². The number of hydrogen-bond donors (Lipinski definition) is 0. The monoisotopic (exact) mass is 166 g/mol. The van der Waals surface area contributed by atoms with Crippen molar-refractivity contribution in [3.63, 3.8) is 0 Å². The molecule has 11 heavy (non-hydrogen) atoms. The summed E-state index contributed by atoms with van der Waals surface area (Å²) in [6.45, 7) is 0. The van der Waals surface area contributed by atoms with Crippen LogP contribution in [-0.4, -0.2) is 5.78 Å². The van der Waals surface area contributed by atoms with Crippen LogP contribution < -0.4 is 0 Å². The van der Waals surface area contributed by atoms with E-state index in [0.717, 1.165) is 17.7 Å². The minimum Gasteiger partial charge on any atom is -0.293 e. The Morgan fingerprint density at radius 3 is 2.82 bits per heavy atom. The number of hydrogen-bond acceptors (Lipinski definition) is 2. The van der Waals surface area contributed by atoms with E-state index in [9.17, 15) is 4.79 Å². The molecule has 0 N–H and O–H groups in total. The third-order valence-corrected chi connectivity index (χ3v) is 3.12. The van der Waals surface area contributed by atoms with Crippen molar-refractivity contribution in [3.05, 3.63) is 22.4 Å². The van der Waals surface area contributed by atoms with Gasteiger partial charge in [0.25, 0.3) is 0 Å². The number of thiophene rings is 1. The van der Waals surface area contributed by atoms with Crippen LogP contribution in [-0.2, 0) is 0 Å². The van der Waals surface area contributed by atoms with Crippen LogP contribution in [0.5, 0.6) is 0 Å². The number of rotatable bonds is 2. The zero-order valence-corrected chi connectivity index (χ0v) is 7.06. The lowest BCUT2D eigenvalue weighted by molar-refractivity contribution is 0.0859. The van der Waals surface area contributed by atoms with E-state index in [2.05, 4.69) is 0 Å². The zero-order chi connectivity index (χ0) is 7.68. The summed E-state index contributed by atoms with van der Waals surface area (Å²) in [5.41, 5.74) is 0. The molecule has 1 saturated carbocycles. The van der Waals surface area contributed by atoms with Gasteiger partial charge in [0.2, 0.25) is 0 Å². The fourth-order valence-corrected chi connectivity index (χ4v) is 2.03. The predicted octanol–water partition coefficient (Wildman–Crippen LogP) is 2.73. The van der Waals surface area contributed by atoms with E-state index in [1.54, 1.807) is 11.3 Å². The lowest BCUT2D eigenvalue weighted by Crippen LogP contribution is -2.20. The van der Waals surface area contributed by atoms with Crippen molar-refractivity contribution in [2.75, 3.05) is 0 Å². The normalized spacial score (nSPS) is 17.8. The first-order chi connectivity index (χ1) is 5.38. The Hall–Kier alpha value is -0.630. The van der Waals surface area contributed by atoms with Crippen LogP contribution in [0.25, 0.3) is 0 Å². The molecule has 0 aliphatic heterocycles. The molecule has 1 aromatic rings. The molecule has 1 fully saturated rings. The maximum Gasteiger partial charge on any atom is 0.175 e. The molecule has 0 spiro atoms. The maximum atomic E-state index is 11.5. The first-order valence-electron chi connectivity index (χ1n) is 3.95. The third kappa shape index (κ3) is 1.23. The number of Topliss-reactive ketones (excluding diaryl/α,β-unsaturated/α-hetero) is 1. The highest BCUT2D eigenvalue weighted by Gasteiger charge is 2.26. The van der Waals surface area contributed by atoms with Crippen molar-refractivity contribution in [1.29, 1.82) is 0 Å². The molecule has 0 bridgehead atoms. The molecule has 0 unspecified atom stereocenters. The minimum absolute atomic E-state index is 0.355. The van der Waals surface area contributed by atoms with E-state index < -0.39 is 0 Å². The first kappa shape index (κ1) is 7.04. The van der Waals surface area contributed by atoms with E-state index in [-0.39, 0.29) is 0 Å². The lowest BCUT2D eigenvalue weighted by Gasteiger charge is -2.22. The van der Waals surface area contributed by atoms with Gasteiger partial charge in [-0.2, -0.15) is 0 Å². The Morgan fingerprint density at radius 1 is 1.55 bits per heavy atom. The van der Waals surface area contributed by atoms with E-state index in [1.807, 2.05) is 17.5 Å². The average molecular weight is 166 g/mol. The predicted molar refractivity (Wildman–Crippen MR) is 46.0 cm³/mol. The summed E-state index contributed by atoms with van der Waals surface area (Å²) in [6.07, 6.45) is 3.45. The van der Waals surface area contributed by atoms with Crippen molar-refractivity contribution in [1.82, 2.24) is 0 Å². The van der Waals surface area contributed by atoms with Gasteiger partial charge < -0.3 is 0 Å². The molecule has 58 valence electrons. The molecule has 1 nitrogen and oxygen atoms in total. The van der Waals surface area contributed by atoms with E-state index >= 15 is 0 Å². The first-order valence-corrected chi connectivity index (χ1v) is 4.83. The molecule has 2 heteroatoms. The maximum absolute atomic E-state index is 11.5. The zero-order valence-electron chi connectivity index (χ0n) is 6.25. The van der Waals surface area contributed by atoms with Crippen LogP contribution >= 0.6 is 11.3 Å². The van der Waals surface area contributed by atoms with Gasteiger partial charge in [0, 0.05) is 5.92 Å². The molecule has 1 aliphatic carbocycles. The highest BCUT2D eigenvalue weighted by atomic mass is 32.1. The van der Waals surface area contributed by atoms with Crippen LogP contribution in [0.4, 0.5) is 0 Å². The van der Waals surface area contributed by atoms with Crippen molar-refractivity contribution < 1.29 is 4.79 Å². The summed E-state index contributed by atoms with van der Waals surface area (Å²) in [5, 5.41) is 1.96. The van der Waals surface area contributed by atoms with Gasteiger partial charge >= 0.3 is 0 Å². The van der Waals surface area contributed by atoms with Gasteiger partial charge in [0.1, 0.15) is 0 Å². The van der Waals surface area contributed by atoms with Crippen LogP contribution in [0, 0.1) is 5.92 Å². The summed E-state index contributed by atoms with van der Waals surface area (Å²) in [7, 11) is 0. The van der Waals surface area contributed by atoms with Crippen molar-refractivity contribution in [2.45, 2.75) is 19.3 Å². The van der Waals surface area contributed by atoms with E-state index in [4.69, 9.17) is 0 Å². The summed E-state index contributed by atoms with van der Waals surface area (Å²) in [4.78, 5) is 12.4. The van der Waals surface area contributed by atoms with Gasteiger partial charge in [0.15, 0.2) is 5.78 Å². The minimum atomic E-state index is 0.355. The lowest BCUT2D eigenvalue weighted by atomic mass is 9.82. The van der Waals surface area contributed by atoms with Crippen molar-refractivity contribution in [3.8, 4) is 0 Å². The Balaban J connectivity index is 2.10. The molecule has 0 atom stereocenters. The topological polar surface area (TPSA) is 17.1 Å². The van der Waals surface area contributed by atoms with Gasteiger partial charge in [-0.15, -0.1) is 11.3 Å². The quantitative estimate of drug-likeness (QED) is 0.617. The Bertz CT molecular complexity index is 247. The summed E-state index contributed by atoms with van der Waals surface area (Å²) in [6, 6.07) is 3.86. The Kier molecular flexibility index (Phi) is 1.78. The van der Waals surface area contributed by atoms with Crippen LogP contribution in [0.15, 0.2) is 17.5 Å². The Morgan fingerprint density at radius 2 is 2.36 bits per heavy atom. The van der Waals surface area contributed by atoms with Gasteiger partial charge in [-0.05, 0) is 24.3 Å². The number of carbonyl (C=O) groups excluding carboxylic acids is 1. The molecule has 2 rings (SSSR count). The summed E-state index contributed by atoms with van der Waals surface area (Å²) < 4.78 is 0. The van der Waals surface area contributed by atoms with Crippen LogP contribution in [0.3, 0.4) is 0 Å². The molecule has 0 saturated heterocycles. The largest absolute Gasteiger partial charge is 0.293 e. The highest BCUT2D eigenvalue weighted by molar-refractivity contribution is 7.12. The second kappa shape index (κ2) is 2.78. The summed E-state index contributed by atoms with van der Waals surface area (Å²) in [5.74, 6) is 0.722. The second-order valence-corrected chi connectivity index (χ2v) is 3.92. The molecular weight excluding hydrogens is 156 g/mol. The Labute approximate surface area is 70.1 Å². The number of ketones is 1. The molecular formula is C9H10OS. The van der Waals surface area contributed by atoms with E-state index in [1.165, 1.54) is 6.42 Å². The SMILES string of the molecule is O=C(c1cccs1)C1CCC1. The number of carbonyl (C=O) groups is 1. The van der Waals surface area contributed by atoms with Gasteiger partial charge in [-0.25, -0.2) is 0 Å². The van der Waals surface area contributed by atoms with Crippen LogP contribution in [0.2, 0.25) is 0 Å². The van der Waals surface area contributed by atoms with E-state index in [0.29, 0.717) is 11.7 Å². The molecule has 0 radical (unpaired) electrons. The third-order valence-electron chi connectivity index (χ3n) is 2.24. The van der Waals surface area contributed by atoms with Crippen molar-refractivity contribution in [2.24, 2.45) is 5.92 Å². The fraction of sp³-hybridized carbons (Fsp3) is 0.444. The standard InChI is InChI=1S/C9H10OS/c10-9(7-3-1-4-7)8-5-2-6-11-8/h2,5-7H,1,3-4H2. The van der Waals surface area contributed by atoms with Crippen molar-refractivity contribution >= 4 is 17.1 Å². The van der Waals surface area contributed by atoms with Gasteiger partial charge in [0.05, 0.1) is 4.88 Å².